The Labute approximate surface area is 147 Å². The number of hydrogen-bond acceptors (Lipinski definition) is 5. The van der Waals surface area contributed by atoms with Crippen molar-refractivity contribution in [2.24, 2.45) is 0 Å². The zero-order valence-electron chi connectivity index (χ0n) is 13.3. The van der Waals surface area contributed by atoms with Crippen molar-refractivity contribution in [3.63, 3.8) is 0 Å². The summed E-state index contributed by atoms with van der Waals surface area (Å²) in [6, 6.07) is 4.23. The molecule has 1 aromatic heterocycles. The van der Waals surface area contributed by atoms with E-state index in [1.165, 1.54) is 26.2 Å². The number of alkyl halides is 3. The Bertz CT molecular complexity index is 887. The molecule has 0 aliphatic heterocycles. The third kappa shape index (κ3) is 3.79. The number of ether oxygens (including phenoxy) is 1. The largest absolute Gasteiger partial charge is 0.495 e. The summed E-state index contributed by atoms with van der Waals surface area (Å²) in [6.45, 7) is 1.54. The molecule has 2 aromatic rings. The van der Waals surface area contributed by atoms with Crippen LogP contribution in [0.1, 0.15) is 11.3 Å². The lowest BCUT2D eigenvalue weighted by atomic mass is 10.2. The van der Waals surface area contributed by atoms with E-state index in [4.69, 9.17) is 16.3 Å². The number of rotatable bonds is 4. The predicted octanol–water partition coefficient (Wildman–Crippen LogP) is 3.29. The number of aromatic nitrogens is 2. The second-order valence-corrected chi connectivity index (χ2v) is 7.34. The smallest absolute Gasteiger partial charge is 0.435 e. The van der Waals surface area contributed by atoms with Crippen molar-refractivity contribution in [1.29, 1.82) is 0 Å². The van der Waals surface area contributed by atoms with Gasteiger partial charge in [0, 0.05) is 7.05 Å². The number of nitrogens with zero attached hydrogens (tertiary/aromatic N) is 3. The molecular weight excluding hydrogens is 383 g/mol. The highest BCUT2D eigenvalue weighted by Gasteiger charge is 2.33. The van der Waals surface area contributed by atoms with Gasteiger partial charge >= 0.3 is 6.18 Å². The van der Waals surface area contributed by atoms with Gasteiger partial charge in [0.15, 0.2) is 11.5 Å². The van der Waals surface area contributed by atoms with Gasteiger partial charge in [0.25, 0.3) is 10.0 Å². The van der Waals surface area contributed by atoms with Crippen molar-refractivity contribution in [1.82, 2.24) is 10.2 Å². The number of methoxy groups -OCH3 is 1. The molecule has 1 aromatic carbocycles. The van der Waals surface area contributed by atoms with E-state index < -0.39 is 21.9 Å². The second kappa shape index (κ2) is 6.68. The first-order chi connectivity index (χ1) is 11.5. The molecule has 2 rings (SSSR count). The van der Waals surface area contributed by atoms with Crippen molar-refractivity contribution in [2.45, 2.75) is 18.0 Å². The number of benzene rings is 1. The fourth-order valence-electron chi connectivity index (χ4n) is 1.99. The fourth-order valence-corrected chi connectivity index (χ4v) is 3.66. The van der Waals surface area contributed by atoms with Gasteiger partial charge in [-0.3, -0.25) is 4.31 Å². The van der Waals surface area contributed by atoms with Crippen LogP contribution < -0.4 is 9.04 Å². The number of sulfonamides is 1. The van der Waals surface area contributed by atoms with Crippen molar-refractivity contribution in [3.8, 4) is 5.75 Å². The Hall–Kier alpha value is -2.07. The van der Waals surface area contributed by atoms with Crippen LogP contribution in [0.15, 0.2) is 29.2 Å². The summed E-state index contributed by atoms with van der Waals surface area (Å²) in [4.78, 5) is -0.123. The van der Waals surface area contributed by atoms with Crippen LogP contribution in [0.5, 0.6) is 5.75 Å². The number of aryl methyl sites for hydroxylation is 1. The lowest BCUT2D eigenvalue weighted by Gasteiger charge is -2.20. The Morgan fingerprint density at radius 3 is 2.32 bits per heavy atom. The highest BCUT2D eigenvalue weighted by Crippen LogP contribution is 2.33. The maximum Gasteiger partial charge on any atom is 0.435 e. The van der Waals surface area contributed by atoms with Gasteiger partial charge < -0.3 is 4.74 Å². The summed E-state index contributed by atoms with van der Waals surface area (Å²) < 4.78 is 68.8. The molecule has 0 saturated heterocycles. The quantitative estimate of drug-likeness (QED) is 0.794. The molecule has 25 heavy (non-hydrogen) atoms. The van der Waals surface area contributed by atoms with E-state index in [2.05, 4.69) is 10.2 Å². The topological polar surface area (TPSA) is 72.4 Å². The zero-order chi connectivity index (χ0) is 19.0. The van der Waals surface area contributed by atoms with Crippen LogP contribution in [-0.4, -0.2) is 32.8 Å². The summed E-state index contributed by atoms with van der Waals surface area (Å²) in [5.41, 5.74) is -0.862. The Kier molecular flexibility index (Phi) is 5.14. The van der Waals surface area contributed by atoms with E-state index in [0.717, 1.165) is 17.4 Å². The molecule has 0 fully saturated rings. The van der Waals surface area contributed by atoms with Gasteiger partial charge in [0.05, 0.1) is 17.0 Å². The lowest BCUT2D eigenvalue weighted by Crippen LogP contribution is -2.28. The van der Waals surface area contributed by atoms with Crippen molar-refractivity contribution in [2.75, 3.05) is 18.5 Å². The summed E-state index contributed by atoms with van der Waals surface area (Å²) in [5, 5.41) is 6.44. The molecule has 11 heteroatoms. The molecule has 0 saturated carbocycles. The average Bonchev–Trinajstić information content (AvgIpc) is 2.55. The summed E-state index contributed by atoms with van der Waals surface area (Å²) in [7, 11) is -1.56. The molecular formula is C14H13ClF3N3O3S. The minimum Gasteiger partial charge on any atom is -0.495 e. The molecule has 0 aliphatic carbocycles. The highest BCUT2D eigenvalue weighted by molar-refractivity contribution is 7.92. The van der Waals surface area contributed by atoms with Gasteiger partial charge in [-0.25, -0.2) is 8.42 Å². The van der Waals surface area contributed by atoms with Crippen molar-refractivity contribution >= 4 is 27.4 Å². The molecule has 0 bridgehead atoms. The molecule has 0 atom stereocenters. The molecule has 136 valence electrons. The minimum absolute atomic E-state index is 0.0820. The summed E-state index contributed by atoms with van der Waals surface area (Å²) in [5.74, 6) is 0.0365. The maximum atomic E-state index is 12.7. The van der Waals surface area contributed by atoms with Crippen LogP contribution in [0.3, 0.4) is 0 Å². The van der Waals surface area contributed by atoms with Crippen molar-refractivity contribution in [3.05, 3.63) is 40.5 Å². The van der Waals surface area contributed by atoms with E-state index in [1.54, 1.807) is 0 Å². The van der Waals surface area contributed by atoms with Crippen LogP contribution in [0.4, 0.5) is 19.0 Å². The van der Waals surface area contributed by atoms with Gasteiger partial charge in [-0.2, -0.15) is 13.2 Å². The molecule has 6 nitrogen and oxygen atoms in total. The molecule has 0 spiro atoms. The highest BCUT2D eigenvalue weighted by atomic mass is 35.5. The normalized spacial score (nSPS) is 12.1. The van der Waals surface area contributed by atoms with E-state index in [-0.39, 0.29) is 15.7 Å². The molecule has 0 amide bonds. The molecule has 1 heterocycles. The van der Waals surface area contributed by atoms with Crippen LogP contribution in [-0.2, 0) is 16.2 Å². The van der Waals surface area contributed by atoms with Crippen LogP contribution in [0.25, 0.3) is 0 Å². The minimum atomic E-state index is -4.66. The second-order valence-electron chi connectivity index (χ2n) is 5.00. The van der Waals surface area contributed by atoms with Crippen molar-refractivity contribution < 1.29 is 26.3 Å². The maximum absolute atomic E-state index is 12.7. The van der Waals surface area contributed by atoms with Crippen LogP contribution in [0.2, 0.25) is 5.02 Å². The predicted molar refractivity (Wildman–Crippen MR) is 85.4 cm³/mol. The first-order valence-corrected chi connectivity index (χ1v) is 8.54. The zero-order valence-corrected chi connectivity index (χ0v) is 14.9. The molecule has 0 radical (unpaired) electrons. The number of hydrogen-bond donors (Lipinski definition) is 0. The molecule has 0 aliphatic rings. The average molecular weight is 396 g/mol. The third-order valence-corrected chi connectivity index (χ3v) is 5.55. The monoisotopic (exact) mass is 395 g/mol. The van der Waals surface area contributed by atoms with E-state index in [9.17, 15) is 21.6 Å². The number of anilines is 1. The van der Waals surface area contributed by atoms with Gasteiger partial charge in [-0.1, -0.05) is 11.6 Å². The first-order valence-electron chi connectivity index (χ1n) is 6.72. The van der Waals surface area contributed by atoms with Crippen LogP contribution in [0, 0.1) is 6.92 Å². The van der Waals surface area contributed by atoms with Gasteiger partial charge in [0.2, 0.25) is 0 Å². The van der Waals surface area contributed by atoms with Gasteiger partial charge in [0.1, 0.15) is 5.75 Å². The SMILES string of the molecule is COc1cc(C)c(S(=O)(=O)N(C)c2ccc(C(F)(F)F)nn2)cc1Cl. The molecule has 0 unspecified atom stereocenters. The van der Waals surface area contributed by atoms with E-state index in [0.29, 0.717) is 17.4 Å². The first kappa shape index (κ1) is 19.3. The number of halogens is 4. The Morgan fingerprint density at radius 2 is 1.84 bits per heavy atom. The Balaban J connectivity index is 2.44. The van der Waals surface area contributed by atoms with Crippen LogP contribution >= 0.6 is 11.6 Å². The molecule has 0 N–H and O–H groups in total. The van der Waals surface area contributed by atoms with Gasteiger partial charge in [-0.15, -0.1) is 10.2 Å². The Morgan fingerprint density at radius 1 is 1.20 bits per heavy atom. The lowest BCUT2D eigenvalue weighted by molar-refractivity contribution is -0.141. The van der Waals surface area contributed by atoms with Gasteiger partial charge in [-0.05, 0) is 36.8 Å². The summed E-state index contributed by atoms with van der Waals surface area (Å²) in [6.07, 6.45) is -4.66. The standard InChI is InChI=1S/C14H13ClF3N3O3S/c1-8-6-10(24-3)9(15)7-11(8)25(22,23)21(2)13-5-4-12(19-20-13)14(16,17)18/h4-7H,1-3H3. The van der Waals surface area contributed by atoms with E-state index >= 15 is 0 Å². The van der Waals surface area contributed by atoms with E-state index in [1.807, 2.05) is 0 Å². The fraction of sp³-hybridized carbons (Fsp3) is 0.286. The third-order valence-electron chi connectivity index (χ3n) is 3.35. The summed E-state index contributed by atoms with van der Waals surface area (Å²) >= 11 is 5.97.